The highest BCUT2D eigenvalue weighted by atomic mass is 35.5. The minimum absolute atomic E-state index is 0.0851. The lowest BCUT2D eigenvalue weighted by atomic mass is 10.1. The molecule has 0 aliphatic carbocycles. The number of fused-ring (bicyclic) bond motifs is 1. The molecule has 10 heteroatoms. The molecule has 0 radical (unpaired) electrons. The van der Waals surface area contributed by atoms with Gasteiger partial charge in [-0.2, -0.15) is 14.9 Å². The van der Waals surface area contributed by atoms with Crippen LogP contribution >= 0.6 is 11.6 Å². The van der Waals surface area contributed by atoms with Gasteiger partial charge in [0.25, 0.3) is 17.0 Å². The van der Waals surface area contributed by atoms with E-state index in [1.54, 1.807) is 47.5 Å². The summed E-state index contributed by atoms with van der Waals surface area (Å²) in [6.07, 6.45) is 1.57. The van der Waals surface area contributed by atoms with Crippen molar-refractivity contribution in [1.82, 2.24) is 24.9 Å². The monoisotopic (exact) mass is 462 g/mol. The number of H-pyrrole nitrogens is 1. The van der Waals surface area contributed by atoms with Crippen molar-refractivity contribution in [2.45, 2.75) is 0 Å². The second kappa shape index (κ2) is 8.51. The average Bonchev–Trinajstić information content (AvgIpc) is 2.86. The second-order valence-electron chi connectivity index (χ2n) is 7.62. The van der Waals surface area contributed by atoms with E-state index in [1.165, 1.54) is 4.68 Å². The number of hydrogen-bond donors (Lipinski definition) is 1. The highest BCUT2D eigenvalue weighted by Crippen LogP contribution is 2.24. The summed E-state index contributed by atoms with van der Waals surface area (Å²) < 4.78 is 1.26. The zero-order chi connectivity index (χ0) is 22.9. The molecule has 1 fully saturated rings. The summed E-state index contributed by atoms with van der Waals surface area (Å²) >= 11 is 6.42. The van der Waals surface area contributed by atoms with Crippen molar-refractivity contribution >= 4 is 34.0 Å². The Labute approximate surface area is 192 Å². The first-order valence-corrected chi connectivity index (χ1v) is 10.8. The first-order chi connectivity index (χ1) is 16.0. The smallest absolute Gasteiger partial charge is 0.292 e. The van der Waals surface area contributed by atoms with Gasteiger partial charge in [0, 0.05) is 31.6 Å². The first-order valence-electron chi connectivity index (χ1n) is 10.4. The van der Waals surface area contributed by atoms with Gasteiger partial charge >= 0.3 is 0 Å². The lowest BCUT2D eigenvalue weighted by Crippen LogP contribution is -2.49. The molecule has 0 unspecified atom stereocenters. The fraction of sp³-hybridized carbons (Fsp3) is 0.174. The second-order valence-corrected chi connectivity index (χ2v) is 8.00. The SMILES string of the molecule is O=C(c1n[nH]c(=O)c2ccccc12)N1CCN(c2cnn(-c3ccccc3)c(=O)c2Cl)CC1. The minimum Gasteiger partial charge on any atom is -0.365 e. The molecule has 2 aromatic carbocycles. The fourth-order valence-corrected chi connectivity index (χ4v) is 4.22. The standard InChI is InChI=1S/C23H19ClN6O3/c24-19-18(14-25-30(22(19)32)15-6-2-1-3-7-15)28-10-12-29(13-11-28)23(33)20-16-8-4-5-9-17(16)21(31)27-26-20/h1-9,14H,10-13H2,(H,27,31). The number of halogens is 1. The highest BCUT2D eigenvalue weighted by molar-refractivity contribution is 6.33. The normalized spacial score (nSPS) is 14.0. The lowest BCUT2D eigenvalue weighted by molar-refractivity contribution is 0.0742. The maximum Gasteiger partial charge on any atom is 0.292 e. The molecule has 1 aliphatic heterocycles. The number of para-hydroxylation sites is 1. The number of aromatic nitrogens is 4. The van der Waals surface area contributed by atoms with Gasteiger partial charge in [-0.15, -0.1) is 0 Å². The third-order valence-corrected chi connectivity index (χ3v) is 6.06. The Morgan fingerprint density at radius 2 is 1.58 bits per heavy atom. The van der Waals surface area contributed by atoms with E-state index in [1.807, 2.05) is 23.1 Å². The number of nitrogens with one attached hydrogen (secondary N) is 1. The predicted molar refractivity (Wildman–Crippen MR) is 125 cm³/mol. The van der Waals surface area contributed by atoms with E-state index < -0.39 is 5.56 Å². The third-order valence-electron chi connectivity index (χ3n) is 5.71. The van der Waals surface area contributed by atoms with Crippen LogP contribution in [0.3, 0.4) is 0 Å². The van der Waals surface area contributed by atoms with Crippen LogP contribution in [0.1, 0.15) is 10.5 Å². The Bertz CT molecular complexity index is 1460. The number of anilines is 1. The molecule has 33 heavy (non-hydrogen) atoms. The lowest BCUT2D eigenvalue weighted by Gasteiger charge is -2.36. The average molecular weight is 463 g/mol. The maximum atomic E-state index is 13.1. The van der Waals surface area contributed by atoms with Gasteiger partial charge in [-0.1, -0.05) is 48.0 Å². The summed E-state index contributed by atoms with van der Waals surface area (Å²) in [5, 5.41) is 11.7. The highest BCUT2D eigenvalue weighted by Gasteiger charge is 2.27. The van der Waals surface area contributed by atoms with Crippen LogP contribution in [0.2, 0.25) is 5.02 Å². The van der Waals surface area contributed by atoms with Crippen molar-refractivity contribution in [2.24, 2.45) is 0 Å². The molecular formula is C23H19ClN6O3. The maximum absolute atomic E-state index is 13.1. The van der Waals surface area contributed by atoms with Crippen molar-refractivity contribution in [1.29, 1.82) is 0 Å². The van der Waals surface area contributed by atoms with Gasteiger partial charge in [0.1, 0.15) is 5.02 Å². The molecule has 0 saturated carbocycles. The van der Waals surface area contributed by atoms with Crippen molar-refractivity contribution in [3.05, 3.63) is 92.2 Å². The van der Waals surface area contributed by atoms with Gasteiger partial charge < -0.3 is 9.80 Å². The van der Waals surface area contributed by atoms with E-state index in [0.29, 0.717) is 48.3 Å². The van der Waals surface area contributed by atoms with Crippen molar-refractivity contribution < 1.29 is 4.79 Å². The molecule has 2 aromatic heterocycles. The summed E-state index contributed by atoms with van der Waals surface area (Å²) in [6, 6.07) is 16.0. The van der Waals surface area contributed by atoms with Crippen LogP contribution in [-0.4, -0.2) is 57.0 Å². The molecular weight excluding hydrogens is 444 g/mol. The quantitative estimate of drug-likeness (QED) is 0.500. The third kappa shape index (κ3) is 3.76. The number of amides is 1. The molecule has 0 atom stereocenters. The molecule has 3 heterocycles. The number of nitrogens with zero attached hydrogens (tertiary/aromatic N) is 5. The van der Waals surface area contributed by atoms with Crippen LogP contribution in [0.25, 0.3) is 16.5 Å². The predicted octanol–water partition coefficient (Wildman–Crippen LogP) is 2.08. The number of aromatic amines is 1. The Balaban J connectivity index is 1.35. The van der Waals surface area contributed by atoms with E-state index in [0.717, 1.165) is 0 Å². The summed E-state index contributed by atoms with van der Waals surface area (Å²) in [5.74, 6) is -0.259. The number of benzene rings is 2. The van der Waals surface area contributed by atoms with Crippen LogP contribution in [0, 0.1) is 0 Å². The van der Waals surface area contributed by atoms with Crippen molar-refractivity contribution in [2.75, 3.05) is 31.1 Å². The van der Waals surface area contributed by atoms with Crippen LogP contribution in [0.4, 0.5) is 5.69 Å². The fourth-order valence-electron chi connectivity index (χ4n) is 3.98. The molecule has 1 amide bonds. The molecule has 4 aromatic rings. The zero-order valence-electron chi connectivity index (χ0n) is 17.4. The Kier molecular flexibility index (Phi) is 5.39. The number of rotatable bonds is 3. The van der Waals surface area contributed by atoms with Crippen molar-refractivity contribution in [3.63, 3.8) is 0 Å². The Morgan fingerprint density at radius 1 is 0.909 bits per heavy atom. The van der Waals surface area contributed by atoms with Crippen LogP contribution in [-0.2, 0) is 0 Å². The topological polar surface area (TPSA) is 104 Å². The number of carbonyl (C=O) groups is 1. The summed E-state index contributed by atoms with van der Waals surface area (Å²) in [7, 11) is 0. The molecule has 1 N–H and O–H groups in total. The Morgan fingerprint density at radius 3 is 2.30 bits per heavy atom. The summed E-state index contributed by atoms with van der Waals surface area (Å²) in [5.41, 5.74) is 0.645. The number of carbonyl (C=O) groups excluding carboxylic acids is 1. The van der Waals surface area contributed by atoms with Crippen LogP contribution < -0.4 is 16.0 Å². The minimum atomic E-state index is -0.400. The first kappa shape index (κ1) is 20.9. The van der Waals surface area contributed by atoms with E-state index in [4.69, 9.17) is 11.6 Å². The Hall–Kier alpha value is -3.98. The largest absolute Gasteiger partial charge is 0.365 e. The number of hydrogen-bond acceptors (Lipinski definition) is 6. The van der Waals surface area contributed by atoms with Gasteiger partial charge in [-0.05, 0) is 18.2 Å². The molecule has 5 rings (SSSR count). The molecule has 0 spiro atoms. The van der Waals surface area contributed by atoms with E-state index >= 15 is 0 Å². The van der Waals surface area contributed by atoms with Crippen LogP contribution in [0.5, 0.6) is 0 Å². The van der Waals surface area contributed by atoms with E-state index in [2.05, 4.69) is 15.3 Å². The molecule has 9 nitrogen and oxygen atoms in total. The van der Waals surface area contributed by atoms with Gasteiger partial charge in [-0.25, -0.2) is 5.10 Å². The summed E-state index contributed by atoms with van der Waals surface area (Å²) in [4.78, 5) is 41.5. The van der Waals surface area contributed by atoms with Crippen LogP contribution in [0.15, 0.2) is 70.4 Å². The van der Waals surface area contributed by atoms with E-state index in [-0.39, 0.29) is 22.2 Å². The van der Waals surface area contributed by atoms with Gasteiger partial charge in [0.15, 0.2) is 5.69 Å². The zero-order valence-corrected chi connectivity index (χ0v) is 18.2. The van der Waals surface area contributed by atoms with Crippen molar-refractivity contribution in [3.8, 4) is 5.69 Å². The molecule has 0 bridgehead atoms. The van der Waals surface area contributed by atoms with E-state index in [9.17, 15) is 14.4 Å². The molecule has 1 saturated heterocycles. The van der Waals surface area contributed by atoms with Gasteiger partial charge in [0.2, 0.25) is 0 Å². The molecule has 1 aliphatic rings. The van der Waals surface area contributed by atoms with Gasteiger partial charge in [-0.3, -0.25) is 14.4 Å². The molecule has 166 valence electrons. The summed E-state index contributed by atoms with van der Waals surface area (Å²) in [6.45, 7) is 1.77. The number of piperazine rings is 1. The van der Waals surface area contributed by atoms with Gasteiger partial charge in [0.05, 0.1) is 23.0 Å².